The first-order valence-corrected chi connectivity index (χ1v) is 9.48. The second-order valence-electron chi connectivity index (χ2n) is 6.52. The quantitative estimate of drug-likeness (QED) is 0.809. The van der Waals surface area contributed by atoms with Crippen molar-refractivity contribution in [1.82, 2.24) is 4.98 Å². The van der Waals surface area contributed by atoms with Crippen molar-refractivity contribution in [2.75, 3.05) is 30.4 Å². The molecule has 0 bridgehead atoms. The summed E-state index contributed by atoms with van der Waals surface area (Å²) in [6.45, 7) is 7.35. The summed E-state index contributed by atoms with van der Waals surface area (Å²) in [6.07, 6.45) is 4.58. The van der Waals surface area contributed by atoms with Crippen LogP contribution in [0, 0.1) is 0 Å². The number of anilines is 2. The number of fused-ring (bicyclic) bond motifs is 1. The average molecular weight is 392 g/mol. The maximum absolute atomic E-state index is 12.2. The first-order chi connectivity index (χ1) is 14.0. The first-order valence-electron chi connectivity index (χ1n) is 9.48. The summed E-state index contributed by atoms with van der Waals surface area (Å²) < 4.78 is 5.57. The minimum Gasteiger partial charge on any atom is -0.495 e. The van der Waals surface area contributed by atoms with E-state index in [1.165, 1.54) is 19.2 Å². The SMILES string of the molecule is CCN(CC)c1ccc(N=C2C=CC(=O)c3ncc(NC(C)=O)cc32)cc1OC. The lowest BCUT2D eigenvalue weighted by atomic mass is 9.98. The molecule has 0 spiro atoms. The summed E-state index contributed by atoms with van der Waals surface area (Å²) >= 11 is 0. The molecule has 1 heterocycles. The molecule has 150 valence electrons. The van der Waals surface area contributed by atoms with Crippen LogP contribution in [0.15, 0.2) is 47.6 Å². The summed E-state index contributed by atoms with van der Waals surface area (Å²) in [6, 6.07) is 7.48. The number of nitrogens with one attached hydrogen (secondary N) is 1. The summed E-state index contributed by atoms with van der Waals surface area (Å²) in [5.41, 5.74) is 3.70. The van der Waals surface area contributed by atoms with Crippen molar-refractivity contribution in [2.45, 2.75) is 20.8 Å². The van der Waals surface area contributed by atoms with Crippen molar-refractivity contribution in [3.63, 3.8) is 0 Å². The minimum absolute atomic E-state index is 0.192. The Morgan fingerprint density at radius 3 is 2.62 bits per heavy atom. The Bertz CT molecular complexity index is 1010. The zero-order chi connectivity index (χ0) is 21.0. The third-order valence-electron chi connectivity index (χ3n) is 4.63. The van der Waals surface area contributed by atoms with Gasteiger partial charge in [-0.25, -0.2) is 9.98 Å². The molecule has 0 radical (unpaired) electrons. The van der Waals surface area contributed by atoms with Crippen LogP contribution < -0.4 is 15.0 Å². The van der Waals surface area contributed by atoms with Gasteiger partial charge < -0.3 is 15.0 Å². The molecule has 1 aromatic carbocycles. The molecule has 0 saturated heterocycles. The van der Waals surface area contributed by atoms with E-state index in [9.17, 15) is 9.59 Å². The lowest BCUT2D eigenvalue weighted by Gasteiger charge is -2.23. The van der Waals surface area contributed by atoms with Crippen LogP contribution in [0.3, 0.4) is 0 Å². The van der Waals surface area contributed by atoms with Gasteiger partial charge in [0.2, 0.25) is 11.7 Å². The van der Waals surface area contributed by atoms with Crippen LogP contribution in [0.2, 0.25) is 0 Å². The van der Waals surface area contributed by atoms with Gasteiger partial charge in [0.25, 0.3) is 0 Å². The molecule has 7 nitrogen and oxygen atoms in total. The molecule has 0 unspecified atom stereocenters. The Balaban J connectivity index is 2.04. The molecule has 0 saturated carbocycles. The number of amides is 1. The molecule has 1 amide bonds. The highest BCUT2D eigenvalue weighted by molar-refractivity contribution is 6.24. The lowest BCUT2D eigenvalue weighted by Crippen LogP contribution is -2.22. The van der Waals surface area contributed by atoms with Gasteiger partial charge in [0, 0.05) is 31.6 Å². The third kappa shape index (κ3) is 4.34. The topological polar surface area (TPSA) is 83.9 Å². The van der Waals surface area contributed by atoms with E-state index in [-0.39, 0.29) is 11.7 Å². The van der Waals surface area contributed by atoms with Crippen LogP contribution in [0.4, 0.5) is 17.1 Å². The van der Waals surface area contributed by atoms with E-state index in [0.29, 0.717) is 28.3 Å². The van der Waals surface area contributed by atoms with Crippen molar-refractivity contribution >= 4 is 34.5 Å². The first kappa shape index (κ1) is 20.3. The van der Waals surface area contributed by atoms with Gasteiger partial charge in [0.15, 0.2) is 0 Å². The van der Waals surface area contributed by atoms with Gasteiger partial charge in [0.1, 0.15) is 11.4 Å². The molecular formula is C22H24N4O3. The Morgan fingerprint density at radius 2 is 1.97 bits per heavy atom. The number of nitrogens with zero attached hydrogens (tertiary/aromatic N) is 3. The molecule has 0 fully saturated rings. The van der Waals surface area contributed by atoms with E-state index in [2.05, 4.69) is 29.0 Å². The number of hydrogen-bond donors (Lipinski definition) is 1. The minimum atomic E-state index is -0.209. The fraction of sp³-hybridized carbons (Fsp3) is 0.273. The number of pyridine rings is 1. The number of aromatic nitrogens is 1. The van der Waals surface area contributed by atoms with Gasteiger partial charge in [-0.05, 0) is 44.2 Å². The highest BCUT2D eigenvalue weighted by Gasteiger charge is 2.20. The number of benzene rings is 1. The zero-order valence-corrected chi connectivity index (χ0v) is 17.0. The van der Waals surface area contributed by atoms with E-state index in [0.717, 1.165) is 24.5 Å². The number of methoxy groups -OCH3 is 1. The number of aliphatic imine (C=N–C) groups is 1. The fourth-order valence-electron chi connectivity index (χ4n) is 3.25. The zero-order valence-electron chi connectivity index (χ0n) is 17.0. The average Bonchev–Trinajstić information content (AvgIpc) is 2.71. The van der Waals surface area contributed by atoms with E-state index in [4.69, 9.17) is 9.73 Å². The van der Waals surface area contributed by atoms with Gasteiger partial charge in [-0.2, -0.15) is 0 Å². The van der Waals surface area contributed by atoms with Crippen molar-refractivity contribution in [3.05, 3.63) is 53.9 Å². The predicted octanol–water partition coefficient (Wildman–Crippen LogP) is 3.77. The molecule has 1 N–H and O–H groups in total. The predicted molar refractivity (Wildman–Crippen MR) is 115 cm³/mol. The number of carbonyl (C=O) groups excluding carboxylic acids is 2. The second kappa shape index (κ2) is 8.68. The lowest BCUT2D eigenvalue weighted by molar-refractivity contribution is -0.114. The van der Waals surface area contributed by atoms with Gasteiger partial charge in [-0.1, -0.05) is 0 Å². The van der Waals surface area contributed by atoms with Crippen LogP contribution in [-0.4, -0.2) is 42.6 Å². The second-order valence-corrected chi connectivity index (χ2v) is 6.52. The van der Waals surface area contributed by atoms with E-state index < -0.39 is 0 Å². The summed E-state index contributed by atoms with van der Waals surface area (Å²) in [4.78, 5) is 34.7. The number of ether oxygens (including phenoxy) is 1. The molecule has 29 heavy (non-hydrogen) atoms. The molecule has 2 aromatic rings. The highest BCUT2D eigenvalue weighted by Crippen LogP contribution is 2.33. The summed E-state index contributed by atoms with van der Waals surface area (Å²) in [5.74, 6) is 0.333. The van der Waals surface area contributed by atoms with Gasteiger partial charge in [0.05, 0.1) is 36.1 Å². The largest absolute Gasteiger partial charge is 0.495 e. The number of rotatable bonds is 6. The standard InChI is InChI=1S/C22H24N4O3/c1-5-26(6-2)19-9-7-15(12-21(19)29-4)25-18-8-10-20(28)22-17(18)11-16(13-23-22)24-14(3)27/h7-13H,5-6H2,1-4H3,(H,24,27). The van der Waals surface area contributed by atoms with E-state index in [1.807, 2.05) is 18.2 Å². The number of ketones is 1. The molecule has 0 aliphatic heterocycles. The molecule has 1 aliphatic rings. The van der Waals surface area contributed by atoms with Gasteiger partial charge in [-0.15, -0.1) is 0 Å². The van der Waals surface area contributed by atoms with E-state index >= 15 is 0 Å². The molecule has 1 aromatic heterocycles. The van der Waals surface area contributed by atoms with Crippen LogP contribution >= 0.6 is 0 Å². The van der Waals surface area contributed by atoms with Crippen LogP contribution in [0.1, 0.15) is 36.8 Å². The molecule has 3 rings (SSSR count). The summed E-state index contributed by atoms with van der Waals surface area (Å²) in [5, 5.41) is 2.69. The van der Waals surface area contributed by atoms with Crippen molar-refractivity contribution < 1.29 is 14.3 Å². The highest BCUT2D eigenvalue weighted by atomic mass is 16.5. The Kier molecular flexibility index (Phi) is 6.07. The number of hydrogen-bond acceptors (Lipinski definition) is 6. The Morgan fingerprint density at radius 1 is 1.21 bits per heavy atom. The Labute approximate surface area is 170 Å². The molecular weight excluding hydrogens is 368 g/mol. The summed E-state index contributed by atoms with van der Waals surface area (Å²) in [7, 11) is 1.64. The van der Waals surface area contributed by atoms with Crippen LogP contribution in [0.5, 0.6) is 5.75 Å². The van der Waals surface area contributed by atoms with Crippen molar-refractivity contribution in [2.24, 2.45) is 4.99 Å². The fourth-order valence-corrected chi connectivity index (χ4v) is 3.25. The van der Waals surface area contributed by atoms with Crippen molar-refractivity contribution in [1.29, 1.82) is 0 Å². The maximum Gasteiger partial charge on any atom is 0.221 e. The molecule has 0 atom stereocenters. The van der Waals surface area contributed by atoms with Crippen LogP contribution in [-0.2, 0) is 4.79 Å². The molecule has 1 aliphatic carbocycles. The maximum atomic E-state index is 12.2. The molecule has 7 heteroatoms. The monoisotopic (exact) mass is 392 g/mol. The Hall–Kier alpha value is -3.48. The smallest absolute Gasteiger partial charge is 0.221 e. The van der Waals surface area contributed by atoms with Gasteiger partial charge in [-0.3, -0.25) is 9.59 Å². The van der Waals surface area contributed by atoms with Crippen LogP contribution in [0.25, 0.3) is 0 Å². The van der Waals surface area contributed by atoms with Crippen molar-refractivity contribution in [3.8, 4) is 5.75 Å². The van der Waals surface area contributed by atoms with E-state index in [1.54, 1.807) is 19.3 Å². The number of allylic oxidation sites excluding steroid dienone is 2. The number of carbonyl (C=O) groups is 2. The third-order valence-corrected chi connectivity index (χ3v) is 4.63. The van der Waals surface area contributed by atoms with Gasteiger partial charge >= 0.3 is 0 Å². The normalized spacial score (nSPS) is 13.9.